The van der Waals surface area contributed by atoms with E-state index < -0.39 is 6.36 Å². The number of halogens is 3. The van der Waals surface area contributed by atoms with Crippen molar-refractivity contribution in [2.75, 3.05) is 11.9 Å². The molecule has 3 nitrogen and oxygen atoms in total. The molecule has 0 aliphatic carbocycles. The lowest BCUT2D eigenvalue weighted by atomic mass is 9.95. The summed E-state index contributed by atoms with van der Waals surface area (Å²) >= 11 is 0. The smallest absolute Gasteiger partial charge is 0.406 e. The molecule has 1 heterocycles. The third kappa shape index (κ3) is 5.12. The van der Waals surface area contributed by atoms with Gasteiger partial charge in [0.15, 0.2) is 0 Å². The van der Waals surface area contributed by atoms with Crippen LogP contribution in [0.15, 0.2) is 24.3 Å². The van der Waals surface area contributed by atoms with Gasteiger partial charge in [0.2, 0.25) is 0 Å². The minimum Gasteiger partial charge on any atom is -0.406 e. The first kappa shape index (κ1) is 15.9. The van der Waals surface area contributed by atoms with Gasteiger partial charge in [0.25, 0.3) is 0 Å². The summed E-state index contributed by atoms with van der Waals surface area (Å²) in [7, 11) is 0. The Morgan fingerprint density at radius 1 is 1.24 bits per heavy atom. The van der Waals surface area contributed by atoms with Crippen LogP contribution in [0.25, 0.3) is 0 Å². The second kappa shape index (κ2) is 6.56. The van der Waals surface area contributed by atoms with Gasteiger partial charge < -0.3 is 14.8 Å². The SMILES string of the molecule is CC(C)C1CC(Nc2ccc(OC(F)(F)F)cc2)CCO1. The molecule has 0 amide bonds. The summed E-state index contributed by atoms with van der Waals surface area (Å²) in [6, 6.07) is 6.10. The van der Waals surface area contributed by atoms with Crippen LogP contribution in [-0.2, 0) is 4.74 Å². The molecular weight excluding hydrogens is 283 g/mol. The third-order valence-corrected chi connectivity index (χ3v) is 3.52. The van der Waals surface area contributed by atoms with Gasteiger partial charge in [0.1, 0.15) is 5.75 Å². The van der Waals surface area contributed by atoms with Crippen LogP contribution in [-0.4, -0.2) is 25.1 Å². The van der Waals surface area contributed by atoms with Gasteiger partial charge in [-0.2, -0.15) is 0 Å². The maximum Gasteiger partial charge on any atom is 0.573 e. The van der Waals surface area contributed by atoms with Crippen molar-refractivity contribution < 1.29 is 22.6 Å². The van der Waals surface area contributed by atoms with Gasteiger partial charge in [-0.15, -0.1) is 13.2 Å². The summed E-state index contributed by atoms with van der Waals surface area (Å²) < 4.78 is 45.8. The molecule has 1 fully saturated rings. The Hall–Kier alpha value is -1.43. The molecule has 2 unspecified atom stereocenters. The number of nitrogens with one attached hydrogen (secondary N) is 1. The maximum atomic E-state index is 12.1. The van der Waals surface area contributed by atoms with E-state index in [9.17, 15) is 13.2 Å². The van der Waals surface area contributed by atoms with Crippen molar-refractivity contribution in [3.63, 3.8) is 0 Å². The molecule has 118 valence electrons. The number of alkyl halides is 3. The number of hydrogen-bond donors (Lipinski definition) is 1. The van der Waals surface area contributed by atoms with E-state index >= 15 is 0 Å². The van der Waals surface area contributed by atoms with Crippen molar-refractivity contribution in [2.45, 2.75) is 45.2 Å². The Balaban J connectivity index is 1.91. The lowest BCUT2D eigenvalue weighted by Gasteiger charge is -2.33. The minimum absolute atomic E-state index is 0.208. The number of ether oxygens (including phenoxy) is 2. The van der Waals surface area contributed by atoms with E-state index in [1.54, 1.807) is 12.1 Å². The summed E-state index contributed by atoms with van der Waals surface area (Å²) in [5, 5.41) is 3.34. The largest absolute Gasteiger partial charge is 0.573 e. The first-order valence-corrected chi connectivity index (χ1v) is 7.07. The van der Waals surface area contributed by atoms with Gasteiger partial charge in [0.05, 0.1) is 6.10 Å². The zero-order valence-electron chi connectivity index (χ0n) is 12.1. The van der Waals surface area contributed by atoms with Crippen LogP contribution in [0.2, 0.25) is 0 Å². The fourth-order valence-electron chi connectivity index (χ4n) is 2.41. The van der Waals surface area contributed by atoms with Crippen LogP contribution in [0.5, 0.6) is 5.75 Å². The van der Waals surface area contributed by atoms with E-state index in [0.29, 0.717) is 12.5 Å². The molecule has 0 radical (unpaired) electrons. The zero-order valence-corrected chi connectivity index (χ0v) is 12.1. The second-order valence-electron chi connectivity index (χ2n) is 5.59. The Morgan fingerprint density at radius 2 is 1.90 bits per heavy atom. The third-order valence-electron chi connectivity index (χ3n) is 3.52. The summed E-state index contributed by atoms with van der Waals surface area (Å²) in [6.07, 6.45) is -2.63. The molecule has 1 aromatic rings. The van der Waals surface area contributed by atoms with Crippen molar-refractivity contribution in [3.05, 3.63) is 24.3 Å². The lowest BCUT2D eigenvalue weighted by Crippen LogP contribution is -2.36. The normalized spacial score (nSPS) is 23.1. The van der Waals surface area contributed by atoms with Crippen molar-refractivity contribution in [1.82, 2.24) is 0 Å². The van der Waals surface area contributed by atoms with Crippen molar-refractivity contribution >= 4 is 5.69 Å². The van der Waals surface area contributed by atoms with Crippen LogP contribution >= 0.6 is 0 Å². The highest BCUT2D eigenvalue weighted by molar-refractivity contribution is 5.47. The van der Waals surface area contributed by atoms with Gasteiger partial charge >= 0.3 is 6.36 Å². The van der Waals surface area contributed by atoms with Crippen molar-refractivity contribution in [2.24, 2.45) is 5.92 Å². The zero-order chi connectivity index (χ0) is 15.5. The molecule has 6 heteroatoms. The highest BCUT2D eigenvalue weighted by Crippen LogP contribution is 2.26. The van der Waals surface area contributed by atoms with Gasteiger partial charge in [-0.1, -0.05) is 13.8 Å². The topological polar surface area (TPSA) is 30.5 Å². The molecule has 0 bridgehead atoms. The van der Waals surface area contributed by atoms with Gasteiger partial charge in [-0.25, -0.2) is 0 Å². The summed E-state index contributed by atoms with van der Waals surface area (Å²) in [4.78, 5) is 0. The quantitative estimate of drug-likeness (QED) is 0.904. The number of hydrogen-bond acceptors (Lipinski definition) is 3. The van der Waals surface area contributed by atoms with Crippen LogP contribution < -0.4 is 10.1 Å². The molecule has 2 rings (SSSR count). The first-order valence-electron chi connectivity index (χ1n) is 7.07. The first-order chi connectivity index (χ1) is 9.83. The fourth-order valence-corrected chi connectivity index (χ4v) is 2.41. The molecule has 0 saturated carbocycles. The Labute approximate surface area is 122 Å². The highest BCUT2D eigenvalue weighted by atomic mass is 19.4. The number of anilines is 1. The monoisotopic (exact) mass is 303 g/mol. The van der Waals surface area contributed by atoms with E-state index in [0.717, 1.165) is 18.5 Å². The van der Waals surface area contributed by atoms with Crippen LogP contribution in [0.4, 0.5) is 18.9 Å². The molecule has 1 aliphatic heterocycles. The van der Waals surface area contributed by atoms with E-state index in [1.807, 2.05) is 0 Å². The molecule has 2 atom stereocenters. The van der Waals surface area contributed by atoms with E-state index in [1.165, 1.54) is 12.1 Å². The molecular formula is C15H20F3NO2. The lowest BCUT2D eigenvalue weighted by molar-refractivity contribution is -0.274. The fraction of sp³-hybridized carbons (Fsp3) is 0.600. The van der Waals surface area contributed by atoms with Crippen LogP contribution in [0.3, 0.4) is 0 Å². The Morgan fingerprint density at radius 3 is 2.48 bits per heavy atom. The maximum absolute atomic E-state index is 12.1. The van der Waals surface area contributed by atoms with Crippen molar-refractivity contribution in [1.29, 1.82) is 0 Å². The van der Waals surface area contributed by atoms with Crippen LogP contribution in [0, 0.1) is 5.92 Å². The second-order valence-corrected chi connectivity index (χ2v) is 5.59. The van der Waals surface area contributed by atoms with Crippen molar-refractivity contribution in [3.8, 4) is 5.75 Å². The van der Waals surface area contributed by atoms with Gasteiger partial charge in [0, 0.05) is 18.3 Å². The van der Waals surface area contributed by atoms with E-state index in [-0.39, 0.29) is 17.9 Å². The summed E-state index contributed by atoms with van der Waals surface area (Å²) in [5.74, 6) is 0.247. The van der Waals surface area contributed by atoms with Gasteiger partial charge in [-0.3, -0.25) is 0 Å². The van der Waals surface area contributed by atoms with Gasteiger partial charge in [-0.05, 0) is 43.0 Å². The van der Waals surface area contributed by atoms with E-state index in [4.69, 9.17) is 4.74 Å². The molecule has 0 spiro atoms. The predicted octanol–water partition coefficient (Wildman–Crippen LogP) is 4.20. The average Bonchev–Trinajstić information content (AvgIpc) is 2.40. The van der Waals surface area contributed by atoms with Crippen LogP contribution in [0.1, 0.15) is 26.7 Å². The van der Waals surface area contributed by atoms with E-state index in [2.05, 4.69) is 23.9 Å². The Bertz CT molecular complexity index is 445. The predicted molar refractivity (Wildman–Crippen MR) is 74.3 cm³/mol. The molecule has 21 heavy (non-hydrogen) atoms. The minimum atomic E-state index is -4.65. The standard InChI is InChI=1S/C15H20F3NO2/c1-10(2)14-9-12(7-8-20-14)19-11-3-5-13(6-4-11)21-15(16,17)18/h3-6,10,12,14,19H,7-9H2,1-2H3. The molecule has 1 aromatic carbocycles. The number of rotatable bonds is 4. The summed E-state index contributed by atoms with van der Waals surface area (Å²) in [5.41, 5.74) is 0.791. The number of benzene rings is 1. The molecule has 0 aromatic heterocycles. The average molecular weight is 303 g/mol. The molecule has 1 saturated heterocycles. The highest BCUT2D eigenvalue weighted by Gasteiger charge is 2.31. The summed E-state index contributed by atoms with van der Waals surface area (Å²) in [6.45, 7) is 4.95. The Kier molecular flexibility index (Phi) is 4.98. The molecule has 1 aliphatic rings. The molecule has 1 N–H and O–H groups in total.